The predicted octanol–water partition coefficient (Wildman–Crippen LogP) is 4.44. The van der Waals surface area contributed by atoms with E-state index in [2.05, 4.69) is 25.6 Å². The van der Waals surface area contributed by atoms with Gasteiger partial charge in [-0.05, 0) is 65.2 Å². The first kappa shape index (κ1) is 46.7. The number of carbonyl (C=O) groups is 5. The number of carbonyl (C=O) groups excluding carboxylic acids is 4. The second kappa shape index (κ2) is 19.1. The number of hydrogen-bond donors (Lipinski definition) is 6. The minimum absolute atomic E-state index is 0.0583. The monoisotopic (exact) mass is 863 g/mol. The predicted molar refractivity (Wildman–Crippen MR) is 231 cm³/mol. The first-order valence-corrected chi connectivity index (χ1v) is 19.9. The first-order valence-electron chi connectivity index (χ1n) is 19.9. The molecule has 0 saturated heterocycles. The van der Waals surface area contributed by atoms with Gasteiger partial charge in [-0.3, -0.25) is 14.5 Å². The Morgan fingerprint density at radius 3 is 1.76 bits per heavy atom. The number of anilines is 1. The van der Waals surface area contributed by atoms with E-state index in [9.17, 15) is 34.2 Å². The summed E-state index contributed by atoms with van der Waals surface area (Å²) in [6, 6.07) is 25.5. The maximum absolute atomic E-state index is 14.0. The van der Waals surface area contributed by atoms with Crippen molar-refractivity contribution in [3.05, 3.63) is 143 Å². The number of aliphatic carboxylic acids is 1. The molecule has 5 aromatic rings. The van der Waals surface area contributed by atoms with Gasteiger partial charge in [0.25, 0.3) is 5.91 Å². The second-order valence-corrected chi connectivity index (χ2v) is 16.7. The number of imidazole rings is 1. The van der Waals surface area contributed by atoms with Crippen LogP contribution in [0, 0.1) is 6.92 Å². The van der Waals surface area contributed by atoms with E-state index < -0.39 is 78.0 Å². The maximum atomic E-state index is 14.0. The van der Waals surface area contributed by atoms with Gasteiger partial charge >= 0.3 is 18.2 Å². The lowest BCUT2D eigenvalue weighted by atomic mass is 9.77. The van der Waals surface area contributed by atoms with Crippen molar-refractivity contribution in [1.29, 1.82) is 0 Å². The molecule has 8 N–H and O–H groups in total. The number of aliphatic hydroxyl groups excluding tert-OH is 1. The van der Waals surface area contributed by atoms with Gasteiger partial charge in [-0.1, -0.05) is 91.0 Å². The Morgan fingerprint density at radius 2 is 1.30 bits per heavy atom. The Labute approximate surface area is 364 Å². The van der Waals surface area contributed by atoms with Crippen LogP contribution in [0.4, 0.5) is 15.4 Å². The Bertz CT molecular complexity index is 2320. The molecule has 3 atom stereocenters. The van der Waals surface area contributed by atoms with Crippen molar-refractivity contribution in [2.45, 2.75) is 89.9 Å². The Morgan fingerprint density at radius 1 is 0.794 bits per heavy atom. The van der Waals surface area contributed by atoms with Gasteiger partial charge in [-0.15, -0.1) is 0 Å². The minimum Gasteiger partial charge on any atom is -0.480 e. The summed E-state index contributed by atoms with van der Waals surface area (Å²) < 4.78 is 12.6. The van der Waals surface area contributed by atoms with E-state index in [0.717, 1.165) is 21.6 Å². The zero-order valence-corrected chi connectivity index (χ0v) is 36.1. The van der Waals surface area contributed by atoms with Gasteiger partial charge in [0, 0.05) is 11.8 Å². The van der Waals surface area contributed by atoms with Gasteiger partial charge < -0.3 is 46.4 Å². The molecule has 4 amide bonds. The molecule has 63 heavy (non-hydrogen) atoms. The summed E-state index contributed by atoms with van der Waals surface area (Å²) in [6.07, 6.45) is -0.783. The van der Waals surface area contributed by atoms with Crippen molar-refractivity contribution in [3.8, 4) is 0 Å². The zero-order valence-electron chi connectivity index (χ0n) is 36.1. The van der Waals surface area contributed by atoms with Gasteiger partial charge in [0.1, 0.15) is 40.4 Å². The number of nitrogens with one attached hydrogen (secondary N) is 2. The lowest BCUT2D eigenvalue weighted by molar-refractivity contribution is -0.142. The third-order valence-electron chi connectivity index (χ3n) is 9.60. The molecule has 0 bridgehead atoms. The molecule has 0 aliphatic carbocycles. The van der Waals surface area contributed by atoms with Crippen LogP contribution in [0.5, 0.6) is 0 Å². The molecule has 18 heteroatoms. The van der Waals surface area contributed by atoms with Crippen LogP contribution in [0.1, 0.15) is 91.9 Å². The van der Waals surface area contributed by atoms with Crippen molar-refractivity contribution in [2.24, 2.45) is 5.73 Å². The van der Waals surface area contributed by atoms with Crippen molar-refractivity contribution in [3.63, 3.8) is 0 Å². The quantitative estimate of drug-likeness (QED) is 0.0797. The number of carboxylic acid groups (broad SMARTS) is 1. The number of aromatic nitrogens is 4. The Balaban J connectivity index is 1.47. The minimum atomic E-state index is -1.95. The third-order valence-corrected chi connectivity index (χ3v) is 9.60. The third kappa shape index (κ3) is 11.3. The van der Waals surface area contributed by atoms with Crippen LogP contribution < -0.4 is 22.1 Å². The summed E-state index contributed by atoms with van der Waals surface area (Å²) in [6.45, 7) is 10.1. The number of rotatable bonds is 15. The van der Waals surface area contributed by atoms with Gasteiger partial charge in [0.05, 0.1) is 25.1 Å². The number of ether oxygens (including phenoxy) is 2. The lowest BCUT2D eigenvalue weighted by Gasteiger charge is -2.37. The molecule has 0 aliphatic rings. The number of nitrogens with zero attached hydrogens (tertiary/aromatic N) is 5. The number of carboxylic acids is 1. The molecular formula is C45H53N9O9. The van der Waals surface area contributed by atoms with Gasteiger partial charge in [-0.2, -0.15) is 0 Å². The van der Waals surface area contributed by atoms with E-state index in [1.165, 1.54) is 19.4 Å². The second-order valence-electron chi connectivity index (χ2n) is 16.7. The molecule has 2 aromatic heterocycles. The highest BCUT2D eigenvalue weighted by Crippen LogP contribution is 2.41. The number of hydrogen-bond acceptors (Lipinski definition) is 12. The summed E-state index contributed by atoms with van der Waals surface area (Å²) in [5.41, 5.74) is 11.0. The van der Waals surface area contributed by atoms with E-state index in [0.29, 0.717) is 0 Å². The molecule has 0 unspecified atom stereocenters. The van der Waals surface area contributed by atoms with Crippen molar-refractivity contribution in [2.75, 3.05) is 12.3 Å². The fourth-order valence-corrected chi connectivity index (χ4v) is 6.77. The highest BCUT2D eigenvalue weighted by molar-refractivity contribution is 5.97. The Hall–Kier alpha value is -7.34. The van der Waals surface area contributed by atoms with Crippen LogP contribution >= 0.6 is 0 Å². The van der Waals surface area contributed by atoms with Crippen molar-refractivity contribution >= 4 is 35.8 Å². The number of aliphatic hydroxyl groups is 1. The number of nitrogen functional groups attached to an aromatic ring is 1. The van der Waals surface area contributed by atoms with E-state index in [4.69, 9.17) is 20.9 Å². The number of primary amides is 1. The average molecular weight is 864 g/mol. The van der Waals surface area contributed by atoms with Crippen molar-refractivity contribution < 1.29 is 43.7 Å². The summed E-state index contributed by atoms with van der Waals surface area (Å²) in [4.78, 5) is 79.3. The molecule has 2 heterocycles. The highest BCUT2D eigenvalue weighted by atomic mass is 16.6. The van der Waals surface area contributed by atoms with E-state index in [1.807, 2.05) is 91.0 Å². The topological polar surface area (TPSA) is 267 Å². The first-order chi connectivity index (χ1) is 29.6. The summed E-state index contributed by atoms with van der Waals surface area (Å²) in [5.74, 6) is -4.06. The number of alkyl carbamates (subject to hydrolysis) is 1. The molecule has 5 rings (SSSR count). The molecule has 18 nitrogen and oxygen atoms in total. The van der Waals surface area contributed by atoms with Crippen LogP contribution in [0.2, 0.25) is 0 Å². The van der Waals surface area contributed by atoms with Crippen LogP contribution in [0.3, 0.4) is 0 Å². The van der Waals surface area contributed by atoms with Gasteiger partial charge in [-0.25, -0.2) is 29.3 Å². The van der Waals surface area contributed by atoms with E-state index >= 15 is 0 Å². The molecule has 3 aromatic carbocycles. The molecule has 0 saturated carbocycles. The summed E-state index contributed by atoms with van der Waals surface area (Å²) in [5, 5.41) is 26.8. The standard InChI is InChI=1S/C45H53N9O9/c1-27-34(50-33(51-37(27)46)25-53(42(61)63-44(5,6)7)23-32(38(47)56)49-41(60)62-43(2,3)4)39(57)52-35(40(58)59)36(55)31-24-54(26-48-31)45(28-17-11-8-12-18-28,29-19-13-9-14-20-29)30-21-15-10-16-22-30/h8-22,24,26,32,35-36,55H,23,25H2,1-7H3,(H2,47,56)(H,49,60)(H,52,57)(H,58,59)(H2,46,50,51)/t32-,35-,36-/m0/s1. The van der Waals surface area contributed by atoms with Crippen LogP contribution in [0.15, 0.2) is 104 Å². The number of nitrogens with two attached hydrogens (primary N) is 2. The molecule has 0 spiro atoms. The highest BCUT2D eigenvalue weighted by Gasteiger charge is 2.40. The smallest absolute Gasteiger partial charge is 0.410 e. The van der Waals surface area contributed by atoms with Crippen LogP contribution in [-0.2, 0) is 31.1 Å². The maximum Gasteiger partial charge on any atom is 0.410 e. The van der Waals surface area contributed by atoms with Crippen LogP contribution in [-0.4, -0.2) is 94.4 Å². The summed E-state index contributed by atoms with van der Waals surface area (Å²) in [7, 11) is 0. The fraction of sp³-hybridized carbons (Fsp3) is 0.333. The van der Waals surface area contributed by atoms with E-state index in [-0.39, 0.29) is 28.6 Å². The molecular weight excluding hydrogens is 811 g/mol. The molecule has 332 valence electrons. The fourth-order valence-electron chi connectivity index (χ4n) is 6.77. The molecule has 0 fully saturated rings. The van der Waals surface area contributed by atoms with Crippen LogP contribution in [0.25, 0.3) is 0 Å². The molecule has 0 radical (unpaired) electrons. The summed E-state index contributed by atoms with van der Waals surface area (Å²) >= 11 is 0. The lowest BCUT2D eigenvalue weighted by Crippen LogP contribution is -2.53. The van der Waals surface area contributed by atoms with Crippen molar-refractivity contribution in [1.82, 2.24) is 35.1 Å². The van der Waals surface area contributed by atoms with Gasteiger partial charge in [0.2, 0.25) is 5.91 Å². The Kier molecular flexibility index (Phi) is 14.2. The largest absolute Gasteiger partial charge is 0.480 e. The average Bonchev–Trinajstić information content (AvgIpc) is 3.71. The van der Waals surface area contributed by atoms with Gasteiger partial charge in [0.15, 0.2) is 11.9 Å². The number of benzene rings is 3. The van der Waals surface area contributed by atoms with E-state index in [1.54, 1.807) is 46.1 Å². The normalized spacial score (nSPS) is 13.2. The zero-order chi connectivity index (χ0) is 46.3. The SMILES string of the molecule is Cc1c(N)nc(CN(C[C@H](NC(=O)OC(C)(C)C)C(N)=O)C(=O)OC(C)(C)C)nc1C(=O)N[C@H](C(=O)O)[C@@H](O)c1cn(C(c2ccccc2)(c2ccccc2)c2ccccc2)cn1. The molecule has 0 aliphatic heterocycles. The number of amides is 4.